The van der Waals surface area contributed by atoms with E-state index in [1.54, 1.807) is 17.0 Å². The first-order valence-electron chi connectivity index (χ1n) is 11.5. The fourth-order valence-electron chi connectivity index (χ4n) is 4.13. The van der Waals surface area contributed by atoms with Gasteiger partial charge in [-0.25, -0.2) is 15.0 Å². The monoisotopic (exact) mass is 491 g/mol. The molecule has 0 spiro atoms. The minimum atomic E-state index is -1.44. The Morgan fingerprint density at radius 2 is 1.97 bits per heavy atom. The minimum absolute atomic E-state index is 0.0679. The molecule has 2 amide bonds. The Balaban J connectivity index is 1.40. The van der Waals surface area contributed by atoms with Crippen molar-refractivity contribution in [3.63, 3.8) is 0 Å². The molecule has 12 nitrogen and oxygen atoms in total. The van der Waals surface area contributed by atoms with Crippen LogP contribution in [0.15, 0.2) is 36.7 Å². The zero-order valence-corrected chi connectivity index (χ0v) is 19.4. The highest BCUT2D eigenvalue weighted by Crippen LogP contribution is 2.32. The van der Waals surface area contributed by atoms with E-state index in [0.29, 0.717) is 5.56 Å². The number of hydrogen-bond acceptors (Lipinski definition) is 9. The van der Waals surface area contributed by atoms with Gasteiger partial charge in [-0.3, -0.25) is 14.2 Å². The number of aromatic nitrogens is 4. The van der Waals surface area contributed by atoms with Crippen molar-refractivity contribution in [1.29, 1.82) is 0 Å². The van der Waals surface area contributed by atoms with Crippen LogP contribution in [0.5, 0.6) is 0 Å². The Kier molecular flexibility index (Phi) is 6.27. The van der Waals surface area contributed by atoms with Crippen molar-refractivity contribution in [2.45, 2.75) is 43.4 Å². The number of carbonyl (C=O) groups excluding carboxylic acids is 2. The standard InChI is InChI=1S/C24H25N7O5/c1-26-22(34)19-17(32)18(33)24(36-19)31-12-27-16-20(25)28-15(29-21(16)31)8-5-11-30(14-9-10-14)23(35)13-6-3-2-4-7-13/h2-4,6-7,12,14,17-19,24,32-33H,9-11H2,1H3,(H,26,34)(H2,25,28,29)/t17-,18?,19-,24+/m0/s1. The second-order valence-electron chi connectivity index (χ2n) is 8.63. The predicted molar refractivity (Wildman–Crippen MR) is 127 cm³/mol. The number of aliphatic hydroxyl groups excluding tert-OH is 2. The van der Waals surface area contributed by atoms with E-state index >= 15 is 0 Å². The highest BCUT2D eigenvalue weighted by atomic mass is 16.6. The molecule has 4 atom stereocenters. The van der Waals surface area contributed by atoms with E-state index in [-0.39, 0.29) is 41.3 Å². The largest absolute Gasteiger partial charge is 0.387 e. The van der Waals surface area contributed by atoms with Gasteiger partial charge in [0.25, 0.3) is 11.8 Å². The summed E-state index contributed by atoms with van der Waals surface area (Å²) in [7, 11) is 1.40. The molecule has 1 aliphatic carbocycles. The smallest absolute Gasteiger partial charge is 0.254 e. The quantitative estimate of drug-likeness (QED) is 0.342. The van der Waals surface area contributed by atoms with Crippen molar-refractivity contribution in [3.05, 3.63) is 48.0 Å². The van der Waals surface area contributed by atoms with Crippen LogP contribution in [0, 0.1) is 11.8 Å². The number of fused-ring (bicyclic) bond motifs is 1. The molecular weight excluding hydrogens is 466 g/mol. The van der Waals surface area contributed by atoms with Gasteiger partial charge in [0.1, 0.15) is 17.7 Å². The molecule has 5 rings (SSSR count). The van der Waals surface area contributed by atoms with Crippen molar-refractivity contribution in [3.8, 4) is 11.8 Å². The third-order valence-corrected chi connectivity index (χ3v) is 6.18. The van der Waals surface area contributed by atoms with E-state index in [1.807, 2.05) is 18.2 Å². The average Bonchev–Trinajstić information content (AvgIpc) is 3.58. The second kappa shape index (κ2) is 9.54. The summed E-state index contributed by atoms with van der Waals surface area (Å²) in [6, 6.07) is 9.20. The summed E-state index contributed by atoms with van der Waals surface area (Å²) < 4.78 is 6.99. The molecule has 1 aromatic carbocycles. The van der Waals surface area contributed by atoms with E-state index in [4.69, 9.17) is 10.5 Å². The molecule has 1 unspecified atom stereocenters. The van der Waals surface area contributed by atoms with Gasteiger partial charge < -0.3 is 30.9 Å². The van der Waals surface area contributed by atoms with Crippen molar-refractivity contribution in [1.82, 2.24) is 29.7 Å². The van der Waals surface area contributed by atoms with Gasteiger partial charge >= 0.3 is 0 Å². The number of amides is 2. The molecule has 3 heterocycles. The maximum Gasteiger partial charge on any atom is 0.254 e. The number of likely N-dealkylation sites (N-methyl/N-ethyl adjacent to an activating group) is 1. The van der Waals surface area contributed by atoms with Gasteiger partial charge in [0.05, 0.1) is 12.9 Å². The maximum absolute atomic E-state index is 12.9. The zero-order chi connectivity index (χ0) is 25.4. The molecule has 2 aromatic heterocycles. The first-order valence-corrected chi connectivity index (χ1v) is 11.5. The molecule has 3 aromatic rings. The van der Waals surface area contributed by atoms with Crippen LogP contribution in [-0.4, -0.2) is 84.4 Å². The number of imidazole rings is 1. The number of carbonyl (C=O) groups is 2. The Morgan fingerprint density at radius 1 is 1.22 bits per heavy atom. The summed E-state index contributed by atoms with van der Waals surface area (Å²) in [4.78, 5) is 39.4. The molecular formula is C24H25N7O5. The third-order valence-electron chi connectivity index (χ3n) is 6.18. The van der Waals surface area contributed by atoms with Gasteiger partial charge in [0, 0.05) is 18.7 Å². The van der Waals surface area contributed by atoms with E-state index < -0.39 is 30.4 Å². The molecule has 0 radical (unpaired) electrons. The summed E-state index contributed by atoms with van der Waals surface area (Å²) in [5.41, 5.74) is 7.15. The van der Waals surface area contributed by atoms with E-state index in [1.165, 1.54) is 17.9 Å². The van der Waals surface area contributed by atoms with Crippen LogP contribution in [0.3, 0.4) is 0 Å². The fourth-order valence-corrected chi connectivity index (χ4v) is 4.13. The number of anilines is 1. The fraction of sp³-hybridized carbons (Fsp3) is 0.375. The van der Waals surface area contributed by atoms with Crippen LogP contribution in [0.2, 0.25) is 0 Å². The van der Waals surface area contributed by atoms with Gasteiger partial charge in [-0.1, -0.05) is 24.1 Å². The lowest BCUT2D eigenvalue weighted by molar-refractivity contribution is -0.137. The molecule has 0 bridgehead atoms. The van der Waals surface area contributed by atoms with Gasteiger partial charge in [-0.2, -0.15) is 0 Å². The highest BCUT2D eigenvalue weighted by molar-refractivity contribution is 5.94. The summed E-state index contributed by atoms with van der Waals surface area (Å²) in [5.74, 6) is 5.33. The molecule has 1 aliphatic heterocycles. The zero-order valence-electron chi connectivity index (χ0n) is 19.4. The Bertz CT molecular complexity index is 1360. The normalized spacial score (nSPS) is 23.2. The van der Waals surface area contributed by atoms with Crippen LogP contribution in [0.4, 0.5) is 5.82 Å². The van der Waals surface area contributed by atoms with Gasteiger partial charge in [-0.05, 0) is 30.9 Å². The van der Waals surface area contributed by atoms with Crippen molar-refractivity contribution >= 4 is 28.8 Å². The predicted octanol–water partition coefficient (Wildman–Crippen LogP) is -0.570. The molecule has 2 fully saturated rings. The second-order valence-corrected chi connectivity index (χ2v) is 8.63. The van der Waals surface area contributed by atoms with Crippen molar-refractivity contribution < 1.29 is 24.5 Å². The van der Waals surface area contributed by atoms with E-state index in [0.717, 1.165) is 12.8 Å². The Hall–Kier alpha value is -4.05. The molecule has 1 saturated carbocycles. The molecule has 36 heavy (non-hydrogen) atoms. The van der Waals surface area contributed by atoms with Gasteiger partial charge in [0.15, 0.2) is 23.8 Å². The number of ether oxygens (including phenoxy) is 1. The first kappa shape index (κ1) is 23.7. The van der Waals surface area contributed by atoms with Crippen molar-refractivity contribution in [2.75, 3.05) is 19.3 Å². The SMILES string of the molecule is CNC(=O)[C@H]1O[C@@H](n2cnc3c(N)nc(C#CCN(C(=O)c4ccccc4)C4CC4)nc32)C(O)[C@@H]1O. The summed E-state index contributed by atoms with van der Waals surface area (Å²) >= 11 is 0. The number of nitrogens with one attached hydrogen (secondary N) is 1. The number of rotatable bonds is 5. The molecule has 1 saturated heterocycles. The number of nitrogen functional groups attached to an aromatic ring is 1. The summed E-state index contributed by atoms with van der Waals surface area (Å²) in [6.45, 7) is 0.198. The summed E-state index contributed by atoms with van der Waals surface area (Å²) in [5, 5.41) is 23.2. The molecule has 2 aliphatic rings. The van der Waals surface area contributed by atoms with Crippen molar-refractivity contribution in [2.24, 2.45) is 0 Å². The molecule has 5 N–H and O–H groups in total. The number of hydrogen-bond donors (Lipinski definition) is 4. The lowest BCUT2D eigenvalue weighted by atomic mass is 10.1. The lowest BCUT2D eigenvalue weighted by Gasteiger charge is -2.19. The van der Waals surface area contributed by atoms with Crippen LogP contribution in [0.1, 0.15) is 35.3 Å². The van der Waals surface area contributed by atoms with E-state index in [2.05, 4.69) is 32.1 Å². The van der Waals surface area contributed by atoms with Gasteiger partial charge in [0.2, 0.25) is 5.82 Å². The third kappa shape index (κ3) is 4.35. The number of benzene rings is 1. The Morgan fingerprint density at radius 3 is 2.67 bits per heavy atom. The number of nitrogens with zero attached hydrogens (tertiary/aromatic N) is 5. The topological polar surface area (TPSA) is 169 Å². The lowest BCUT2D eigenvalue weighted by Crippen LogP contribution is -2.41. The first-order chi connectivity index (χ1) is 17.4. The maximum atomic E-state index is 12.9. The summed E-state index contributed by atoms with van der Waals surface area (Å²) in [6.07, 6.45) is -2.04. The molecule has 186 valence electrons. The highest BCUT2D eigenvalue weighted by Gasteiger charge is 2.47. The van der Waals surface area contributed by atoms with Crippen LogP contribution >= 0.6 is 0 Å². The average molecular weight is 492 g/mol. The number of nitrogens with two attached hydrogens (primary N) is 1. The van der Waals surface area contributed by atoms with Crippen LogP contribution in [0.25, 0.3) is 11.2 Å². The Labute approximate surface area is 206 Å². The van der Waals surface area contributed by atoms with Gasteiger partial charge in [-0.15, -0.1) is 0 Å². The van der Waals surface area contributed by atoms with E-state index in [9.17, 15) is 19.8 Å². The molecule has 12 heteroatoms. The van der Waals surface area contributed by atoms with Crippen LogP contribution in [-0.2, 0) is 9.53 Å². The number of aliphatic hydroxyl groups is 2. The minimum Gasteiger partial charge on any atom is -0.387 e. The van der Waals surface area contributed by atoms with Crippen LogP contribution < -0.4 is 11.1 Å².